The van der Waals surface area contributed by atoms with E-state index in [1.807, 2.05) is 11.6 Å². The molecule has 76 valence electrons. The first-order valence-corrected chi connectivity index (χ1v) is 5.71. The van der Waals surface area contributed by atoms with Crippen LogP contribution in [0.4, 0.5) is 0 Å². The van der Waals surface area contributed by atoms with Crippen molar-refractivity contribution in [2.24, 2.45) is 7.05 Å². The highest BCUT2D eigenvalue weighted by atomic mass is 35.5. The molecule has 3 heterocycles. The van der Waals surface area contributed by atoms with E-state index in [1.165, 1.54) is 11.3 Å². The molecule has 0 saturated carbocycles. The zero-order valence-electron chi connectivity index (χ0n) is 7.56. The summed E-state index contributed by atoms with van der Waals surface area (Å²) in [5, 5.41) is 0.400. The fourth-order valence-electron chi connectivity index (χ4n) is 1.53. The molecule has 0 atom stereocenters. The highest BCUT2D eigenvalue weighted by Crippen LogP contribution is 2.30. The first kappa shape index (κ1) is 9.26. The molecule has 3 aromatic heterocycles. The van der Waals surface area contributed by atoms with E-state index in [-0.39, 0.29) is 0 Å². The lowest BCUT2D eigenvalue weighted by molar-refractivity contribution is 0.949. The predicted molar refractivity (Wildman–Crippen MR) is 62.3 cm³/mol. The van der Waals surface area contributed by atoms with Crippen LogP contribution < -0.4 is 0 Å². The van der Waals surface area contributed by atoms with E-state index in [0.29, 0.717) is 15.0 Å². The zero-order valence-corrected chi connectivity index (χ0v) is 9.95. The number of pyridine rings is 1. The minimum absolute atomic E-state index is 0.400. The standard InChI is InChI=1S/C8H5ClN4S2/c1-13-2-10-3-5(13)4-7(12-6(3)9)15-8(14)11-4/h2H,1H3,(H,11,14)/p-1. The largest absolute Gasteiger partial charge is 0.408 e. The second-order valence-corrected chi connectivity index (χ2v) is 5.07. The molecular formula is C8H4ClN4S2-. The first-order valence-electron chi connectivity index (χ1n) is 4.11. The maximum Gasteiger partial charge on any atom is 0.156 e. The molecule has 0 aliphatic carbocycles. The van der Waals surface area contributed by atoms with Gasteiger partial charge in [-0.05, 0) is 4.34 Å². The monoisotopic (exact) mass is 255 g/mol. The van der Waals surface area contributed by atoms with Crippen LogP contribution in [0.15, 0.2) is 10.7 Å². The third-order valence-corrected chi connectivity index (χ3v) is 3.49. The van der Waals surface area contributed by atoms with Crippen LogP contribution in [0.5, 0.6) is 0 Å². The summed E-state index contributed by atoms with van der Waals surface area (Å²) in [7, 11) is 1.90. The molecule has 0 amide bonds. The predicted octanol–water partition coefficient (Wildman–Crippen LogP) is 2.14. The van der Waals surface area contributed by atoms with Gasteiger partial charge in [0.15, 0.2) is 5.15 Å². The first-order chi connectivity index (χ1) is 7.16. The van der Waals surface area contributed by atoms with Crippen molar-refractivity contribution in [3.05, 3.63) is 11.5 Å². The Labute approximate surface area is 99.3 Å². The zero-order chi connectivity index (χ0) is 10.6. The molecule has 0 aliphatic rings. The number of nitrogens with zero attached hydrogens (tertiary/aromatic N) is 4. The van der Waals surface area contributed by atoms with Crippen LogP contribution in [0.25, 0.3) is 21.4 Å². The molecule has 0 bridgehead atoms. The molecule has 3 aromatic rings. The number of fused-ring (bicyclic) bond motifs is 3. The minimum Gasteiger partial charge on any atom is -0.408 e. The fourth-order valence-corrected chi connectivity index (χ4v) is 2.80. The smallest absolute Gasteiger partial charge is 0.156 e. The maximum atomic E-state index is 6.02. The van der Waals surface area contributed by atoms with Crippen LogP contribution in [0.2, 0.25) is 5.15 Å². The van der Waals surface area contributed by atoms with Crippen molar-refractivity contribution in [1.82, 2.24) is 19.5 Å². The summed E-state index contributed by atoms with van der Waals surface area (Å²) in [6.07, 6.45) is 1.69. The van der Waals surface area contributed by atoms with Crippen LogP contribution in [0, 0.1) is 0 Å². The summed E-state index contributed by atoms with van der Waals surface area (Å²) in [5.41, 5.74) is 2.34. The highest BCUT2D eigenvalue weighted by molar-refractivity contribution is 7.63. The number of hydrogen-bond acceptors (Lipinski definition) is 5. The molecule has 4 nitrogen and oxygen atoms in total. The molecule has 7 heteroatoms. The van der Waals surface area contributed by atoms with Crippen molar-refractivity contribution in [3.63, 3.8) is 0 Å². The van der Waals surface area contributed by atoms with Crippen LogP contribution in [0.1, 0.15) is 0 Å². The van der Waals surface area contributed by atoms with E-state index in [2.05, 4.69) is 15.0 Å². The Kier molecular flexibility index (Phi) is 1.86. The van der Waals surface area contributed by atoms with Crippen LogP contribution in [0.3, 0.4) is 0 Å². The molecule has 0 N–H and O–H groups in total. The SMILES string of the molecule is Cn1cnc2c(Cl)nc3sc([S-])nc3c21. The number of hydrogen-bond donors (Lipinski definition) is 0. The number of thiazole rings is 1. The third kappa shape index (κ3) is 1.22. The summed E-state index contributed by atoms with van der Waals surface area (Å²) in [5.74, 6) is 0. The van der Waals surface area contributed by atoms with Gasteiger partial charge < -0.3 is 28.5 Å². The van der Waals surface area contributed by atoms with Gasteiger partial charge in [-0.3, -0.25) is 4.98 Å². The number of rotatable bonds is 0. The van der Waals surface area contributed by atoms with Gasteiger partial charge in [-0.1, -0.05) is 11.6 Å². The van der Waals surface area contributed by atoms with E-state index >= 15 is 0 Å². The summed E-state index contributed by atoms with van der Waals surface area (Å²) in [6.45, 7) is 0. The summed E-state index contributed by atoms with van der Waals surface area (Å²) in [4.78, 5) is 13.4. The molecule has 0 fully saturated rings. The molecule has 0 spiro atoms. The van der Waals surface area contributed by atoms with Crippen molar-refractivity contribution in [3.8, 4) is 0 Å². The Balaban J connectivity index is 2.66. The van der Waals surface area contributed by atoms with Crippen LogP contribution in [-0.2, 0) is 19.7 Å². The van der Waals surface area contributed by atoms with E-state index in [4.69, 9.17) is 24.2 Å². The molecule has 0 radical (unpaired) electrons. The molecule has 3 rings (SSSR count). The third-order valence-electron chi connectivity index (χ3n) is 2.15. The van der Waals surface area contributed by atoms with Crippen LogP contribution in [-0.4, -0.2) is 19.5 Å². The Morgan fingerprint density at radius 1 is 1.40 bits per heavy atom. The van der Waals surface area contributed by atoms with Crippen molar-refractivity contribution in [1.29, 1.82) is 0 Å². The van der Waals surface area contributed by atoms with Gasteiger partial charge in [-0.15, -0.1) is 0 Å². The van der Waals surface area contributed by atoms with Crippen molar-refractivity contribution in [2.45, 2.75) is 4.34 Å². The maximum absolute atomic E-state index is 6.02. The van der Waals surface area contributed by atoms with Gasteiger partial charge in [0.05, 0.1) is 16.7 Å². The van der Waals surface area contributed by atoms with E-state index in [9.17, 15) is 0 Å². The van der Waals surface area contributed by atoms with Crippen molar-refractivity contribution >= 4 is 56.9 Å². The molecule has 0 saturated heterocycles. The van der Waals surface area contributed by atoms with Crippen molar-refractivity contribution in [2.75, 3.05) is 0 Å². The summed E-state index contributed by atoms with van der Waals surface area (Å²) < 4.78 is 2.45. The van der Waals surface area contributed by atoms with Gasteiger partial charge in [0.2, 0.25) is 0 Å². The number of imidazole rings is 1. The second-order valence-electron chi connectivity index (χ2n) is 3.09. The van der Waals surface area contributed by atoms with Gasteiger partial charge in [0.25, 0.3) is 0 Å². The fraction of sp³-hybridized carbons (Fsp3) is 0.125. The number of aromatic nitrogens is 4. The van der Waals surface area contributed by atoms with Gasteiger partial charge in [0.1, 0.15) is 11.0 Å². The Hall–Kier alpha value is -0.980. The average molecular weight is 256 g/mol. The van der Waals surface area contributed by atoms with E-state index < -0.39 is 0 Å². The average Bonchev–Trinajstić information content (AvgIpc) is 2.69. The van der Waals surface area contributed by atoms with Crippen molar-refractivity contribution < 1.29 is 0 Å². The summed E-state index contributed by atoms with van der Waals surface area (Å²) in [6, 6.07) is 0. The van der Waals surface area contributed by atoms with E-state index in [1.54, 1.807) is 6.33 Å². The van der Waals surface area contributed by atoms with Gasteiger partial charge in [-0.2, -0.15) is 0 Å². The van der Waals surface area contributed by atoms with Gasteiger partial charge in [0, 0.05) is 7.05 Å². The molecule has 0 aromatic carbocycles. The normalized spacial score (nSPS) is 11.6. The molecule has 0 aliphatic heterocycles. The van der Waals surface area contributed by atoms with Gasteiger partial charge >= 0.3 is 0 Å². The quantitative estimate of drug-likeness (QED) is 0.456. The summed E-state index contributed by atoms with van der Waals surface area (Å²) >= 11 is 12.4. The minimum atomic E-state index is 0.400. The lowest BCUT2D eigenvalue weighted by Gasteiger charge is -1.98. The molecule has 0 unspecified atom stereocenters. The Morgan fingerprint density at radius 3 is 3.00 bits per heavy atom. The van der Waals surface area contributed by atoms with E-state index in [0.717, 1.165) is 15.9 Å². The van der Waals surface area contributed by atoms with Gasteiger partial charge in [-0.25, -0.2) is 9.97 Å². The molecule has 15 heavy (non-hydrogen) atoms. The number of aryl methyl sites for hydroxylation is 1. The second kappa shape index (κ2) is 3.01. The molecular weight excluding hydrogens is 252 g/mol. The number of halogens is 1. The Morgan fingerprint density at radius 2 is 2.20 bits per heavy atom. The lowest BCUT2D eigenvalue weighted by atomic mass is 10.4. The van der Waals surface area contributed by atoms with Crippen LogP contribution >= 0.6 is 22.9 Å². The Bertz CT molecular complexity index is 672. The topological polar surface area (TPSA) is 43.6 Å². The highest BCUT2D eigenvalue weighted by Gasteiger charge is 2.11. The lowest BCUT2D eigenvalue weighted by Crippen LogP contribution is -1.87.